The summed E-state index contributed by atoms with van der Waals surface area (Å²) in [6.45, 7) is -0.199. The van der Waals surface area contributed by atoms with Crippen LogP contribution >= 0.6 is 11.3 Å². The fourth-order valence-corrected chi connectivity index (χ4v) is 4.98. The smallest absolute Gasteiger partial charge is 0.278 e. The largest absolute Gasteiger partial charge is 0.467 e. The zero-order valence-electron chi connectivity index (χ0n) is 14.0. The van der Waals surface area contributed by atoms with Crippen LogP contribution in [0.1, 0.15) is 15.4 Å². The van der Waals surface area contributed by atoms with Gasteiger partial charge in [0, 0.05) is 11.6 Å². The molecule has 3 heterocycles. The molecule has 0 fully saturated rings. The van der Waals surface area contributed by atoms with Crippen LogP contribution in [0.3, 0.4) is 0 Å². The molecule has 0 N–H and O–H groups in total. The highest BCUT2D eigenvalue weighted by Crippen LogP contribution is 2.27. The molecule has 1 aromatic carbocycles. The van der Waals surface area contributed by atoms with Gasteiger partial charge in [-0.2, -0.15) is 0 Å². The Morgan fingerprint density at radius 2 is 1.93 bits per heavy atom. The molecule has 3 aromatic heterocycles. The lowest BCUT2D eigenvalue weighted by molar-refractivity contribution is 0.0853. The summed E-state index contributed by atoms with van der Waals surface area (Å²) in [5.74, 6) is -0.231. The molecule has 0 saturated carbocycles. The van der Waals surface area contributed by atoms with E-state index in [1.165, 1.54) is 29.9 Å². The summed E-state index contributed by atoms with van der Waals surface area (Å²) >= 11 is 1.19. The van der Waals surface area contributed by atoms with E-state index in [4.69, 9.17) is 4.42 Å². The van der Waals surface area contributed by atoms with E-state index in [0.29, 0.717) is 21.5 Å². The van der Waals surface area contributed by atoms with Crippen LogP contribution in [0.5, 0.6) is 0 Å². The van der Waals surface area contributed by atoms with E-state index in [-0.39, 0.29) is 11.4 Å². The van der Waals surface area contributed by atoms with Crippen LogP contribution in [-0.2, 0) is 16.6 Å². The summed E-state index contributed by atoms with van der Waals surface area (Å²) in [5, 5.41) is 2.41. The summed E-state index contributed by atoms with van der Waals surface area (Å²) in [6, 6.07) is 15.0. The van der Waals surface area contributed by atoms with Crippen LogP contribution in [-0.4, -0.2) is 23.6 Å². The number of rotatable bonds is 5. The molecule has 0 aliphatic carbocycles. The summed E-state index contributed by atoms with van der Waals surface area (Å²) in [4.78, 5) is 17.5. The maximum absolute atomic E-state index is 13.4. The number of hydrogen-bond acceptors (Lipinski definition) is 6. The number of hydrogen-bond donors (Lipinski definition) is 0. The van der Waals surface area contributed by atoms with Crippen LogP contribution in [0, 0.1) is 0 Å². The Balaban J connectivity index is 1.86. The van der Waals surface area contributed by atoms with E-state index in [9.17, 15) is 13.2 Å². The van der Waals surface area contributed by atoms with Crippen molar-refractivity contribution < 1.29 is 17.6 Å². The number of amides is 1. The highest BCUT2D eigenvalue weighted by atomic mass is 32.2. The second kappa shape index (κ2) is 6.98. The van der Waals surface area contributed by atoms with Crippen molar-refractivity contribution in [3.05, 3.63) is 83.1 Å². The standard InChI is InChI=1S/C19H14N2O4S2/c22-19(16-8-4-12-26-16)21(13-15-7-3-11-25-15)27(23,24)17-9-1-5-14-6-2-10-20-18(14)17/h1-12H,13H2. The second-order valence-corrected chi connectivity index (χ2v) is 8.48. The Morgan fingerprint density at radius 1 is 1.07 bits per heavy atom. The van der Waals surface area contributed by atoms with Gasteiger partial charge >= 0.3 is 0 Å². The van der Waals surface area contributed by atoms with Gasteiger partial charge in [-0.1, -0.05) is 24.3 Å². The van der Waals surface area contributed by atoms with Crippen LogP contribution in [0.15, 0.2) is 81.8 Å². The van der Waals surface area contributed by atoms with Crippen LogP contribution in [0.4, 0.5) is 0 Å². The average Bonchev–Trinajstić information content (AvgIpc) is 3.39. The summed E-state index contributed by atoms with van der Waals surface area (Å²) < 4.78 is 33.0. The van der Waals surface area contributed by atoms with Crippen molar-refractivity contribution in [2.75, 3.05) is 0 Å². The number of nitrogens with zero attached hydrogens (tertiary/aromatic N) is 2. The summed E-state index contributed by atoms with van der Waals surface area (Å²) in [5.41, 5.74) is 0.323. The molecule has 0 saturated heterocycles. The van der Waals surface area contributed by atoms with E-state index in [2.05, 4.69) is 4.98 Å². The number of para-hydroxylation sites is 1. The van der Waals surface area contributed by atoms with E-state index < -0.39 is 15.9 Å². The zero-order chi connectivity index (χ0) is 18.9. The Bertz CT molecular complexity index is 1180. The van der Waals surface area contributed by atoms with Crippen molar-refractivity contribution in [2.24, 2.45) is 0 Å². The number of aromatic nitrogens is 1. The van der Waals surface area contributed by atoms with Gasteiger partial charge < -0.3 is 4.42 Å². The van der Waals surface area contributed by atoms with Gasteiger partial charge in [0.05, 0.1) is 23.2 Å². The molecule has 0 bridgehead atoms. The third-order valence-corrected chi connectivity index (χ3v) is 6.62. The molecular weight excluding hydrogens is 384 g/mol. The van der Waals surface area contributed by atoms with Crippen LogP contribution in [0.2, 0.25) is 0 Å². The van der Waals surface area contributed by atoms with Crippen molar-refractivity contribution in [3.63, 3.8) is 0 Å². The van der Waals surface area contributed by atoms with Crippen molar-refractivity contribution in [1.82, 2.24) is 9.29 Å². The number of thiophene rings is 1. The molecule has 0 aliphatic heterocycles. The van der Waals surface area contributed by atoms with Crippen molar-refractivity contribution in [3.8, 4) is 0 Å². The molecule has 27 heavy (non-hydrogen) atoms. The summed E-state index contributed by atoms with van der Waals surface area (Å²) in [6.07, 6.45) is 2.97. The van der Waals surface area contributed by atoms with Gasteiger partial charge in [0.25, 0.3) is 15.9 Å². The molecule has 0 radical (unpaired) electrons. The number of benzene rings is 1. The number of carbonyl (C=O) groups is 1. The predicted molar refractivity (Wildman–Crippen MR) is 102 cm³/mol. The first-order valence-corrected chi connectivity index (χ1v) is 10.4. The van der Waals surface area contributed by atoms with Crippen LogP contribution in [0.25, 0.3) is 10.9 Å². The van der Waals surface area contributed by atoms with Gasteiger partial charge in [-0.3, -0.25) is 9.78 Å². The average molecular weight is 398 g/mol. The monoisotopic (exact) mass is 398 g/mol. The van der Waals surface area contributed by atoms with Crippen molar-refractivity contribution in [1.29, 1.82) is 0 Å². The van der Waals surface area contributed by atoms with Gasteiger partial charge in [-0.15, -0.1) is 11.3 Å². The topological polar surface area (TPSA) is 80.5 Å². The molecule has 4 rings (SSSR count). The molecule has 4 aromatic rings. The van der Waals surface area contributed by atoms with Crippen LogP contribution < -0.4 is 0 Å². The van der Waals surface area contributed by atoms with Gasteiger partial charge in [0.2, 0.25) is 0 Å². The molecule has 8 heteroatoms. The van der Waals surface area contributed by atoms with E-state index in [1.54, 1.807) is 53.9 Å². The maximum atomic E-state index is 13.4. The summed E-state index contributed by atoms with van der Waals surface area (Å²) in [7, 11) is -4.16. The van der Waals surface area contributed by atoms with Crippen molar-refractivity contribution in [2.45, 2.75) is 11.4 Å². The molecular formula is C19H14N2O4S2. The highest BCUT2D eigenvalue weighted by Gasteiger charge is 2.33. The van der Waals surface area contributed by atoms with Gasteiger partial charge in [0.1, 0.15) is 10.7 Å². The highest BCUT2D eigenvalue weighted by molar-refractivity contribution is 7.90. The third kappa shape index (κ3) is 3.24. The third-order valence-electron chi connectivity index (χ3n) is 4.00. The molecule has 0 spiro atoms. The molecule has 0 unspecified atom stereocenters. The number of fused-ring (bicyclic) bond motifs is 1. The second-order valence-electron chi connectivity index (χ2n) is 5.70. The van der Waals surface area contributed by atoms with E-state index >= 15 is 0 Å². The SMILES string of the molecule is O=C(c1cccs1)N(Cc1ccco1)S(=O)(=O)c1cccc2cccnc12. The minimum absolute atomic E-state index is 0.0166. The molecule has 136 valence electrons. The number of carbonyl (C=O) groups excluding carboxylic acids is 1. The Kier molecular flexibility index (Phi) is 4.51. The van der Waals surface area contributed by atoms with Gasteiger partial charge in [-0.25, -0.2) is 12.7 Å². The zero-order valence-corrected chi connectivity index (χ0v) is 15.6. The number of sulfonamides is 1. The molecule has 0 atom stereocenters. The molecule has 1 amide bonds. The normalized spacial score (nSPS) is 11.6. The molecule has 0 aliphatic rings. The quantitative estimate of drug-likeness (QED) is 0.509. The lowest BCUT2D eigenvalue weighted by atomic mass is 10.2. The van der Waals surface area contributed by atoms with Crippen molar-refractivity contribution >= 4 is 38.2 Å². The first-order valence-electron chi connectivity index (χ1n) is 8.04. The fraction of sp³-hybridized carbons (Fsp3) is 0.0526. The maximum Gasteiger partial charge on any atom is 0.278 e. The lowest BCUT2D eigenvalue weighted by Gasteiger charge is -2.21. The first-order chi connectivity index (χ1) is 13.1. The number of furan rings is 1. The van der Waals surface area contributed by atoms with Gasteiger partial charge in [0.15, 0.2) is 0 Å². The predicted octanol–water partition coefficient (Wildman–Crippen LogP) is 3.92. The Hall–Kier alpha value is -2.97. The first kappa shape index (κ1) is 17.4. The van der Waals surface area contributed by atoms with E-state index in [0.717, 1.165) is 4.31 Å². The minimum Gasteiger partial charge on any atom is -0.467 e. The minimum atomic E-state index is -4.16. The molecule has 6 nitrogen and oxygen atoms in total. The van der Waals surface area contributed by atoms with Gasteiger partial charge in [-0.05, 0) is 35.7 Å². The Morgan fingerprint density at radius 3 is 2.67 bits per heavy atom. The Labute approximate surface area is 159 Å². The fourth-order valence-electron chi connectivity index (χ4n) is 2.74. The number of pyridine rings is 1. The lowest BCUT2D eigenvalue weighted by Crippen LogP contribution is -2.36. The van der Waals surface area contributed by atoms with E-state index in [1.807, 2.05) is 0 Å².